The fraction of sp³-hybridized carbons (Fsp3) is 1.00. The summed E-state index contributed by atoms with van der Waals surface area (Å²) in [7, 11) is 0. The molecule has 3 heteroatoms. The lowest BCUT2D eigenvalue weighted by molar-refractivity contribution is 0.00137. The van der Waals surface area contributed by atoms with Crippen LogP contribution >= 0.6 is 0 Å². The van der Waals surface area contributed by atoms with Crippen molar-refractivity contribution in [2.24, 2.45) is 17.8 Å². The average Bonchev–Trinajstić information content (AvgIpc) is 2.68. The third-order valence-corrected chi connectivity index (χ3v) is 4.96. The molecule has 2 atom stereocenters. The van der Waals surface area contributed by atoms with Crippen LogP contribution in [0, 0.1) is 17.8 Å². The van der Waals surface area contributed by atoms with Gasteiger partial charge in [-0.1, -0.05) is 26.7 Å². The second-order valence-electron chi connectivity index (χ2n) is 6.46. The molecule has 106 valence electrons. The van der Waals surface area contributed by atoms with Gasteiger partial charge in [0.05, 0.1) is 0 Å². The van der Waals surface area contributed by atoms with E-state index in [1.165, 1.54) is 25.7 Å². The fourth-order valence-electron chi connectivity index (χ4n) is 3.89. The van der Waals surface area contributed by atoms with Crippen LogP contribution in [-0.4, -0.2) is 18.5 Å². The molecule has 0 aromatic carbocycles. The molecule has 2 unspecified atom stereocenters. The van der Waals surface area contributed by atoms with Crippen LogP contribution in [-0.2, 0) is 0 Å². The maximum absolute atomic E-state index is 13.4. The Hall–Kier alpha value is -0.180. The van der Waals surface area contributed by atoms with Crippen LogP contribution in [0.4, 0.5) is 8.78 Å². The summed E-state index contributed by atoms with van der Waals surface area (Å²) in [6.45, 7) is 5.30. The maximum atomic E-state index is 13.4. The van der Waals surface area contributed by atoms with Gasteiger partial charge in [0.25, 0.3) is 0 Å². The van der Waals surface area contributed by atoms with E-state index in [-0.39, 0.29) is 18.8 Å². The molecule has 0 saturated heterocycles. The second-order valence-corrected chi connectivity index (χ2v) is 6.46. The largest absolute Gasteiger partial charge is 0.314 e. The van der Waals surface area contributed by atoms with E-state index in [4.69, 9.17) is 0 Å². The highest BCUT2D eigenvalue weighted by molar-refractivity contribution is 4.92. The van der Waals surface area contributed by atoms with E-state index < -0.39 is 5.92 Å². The molecule has 2 saturated carbocycles. The summed E-state index contributed by atoms with van der Waals surface area (Å²) < 4.78 is 26.8. The summed E-state index contributed by atoms with van der Waals surface area (Å²) in [5.41, 5.74) is 0. The molecule has 0 radical (unpaired) electrons. The van der Waals surface area contributed by atoms with Gasteiger partial charge in [0, 0.05) is 18.9 Å². The molecule has 2 rings (SSSR count). The van der Waals surface area contributed by atoms with Gasteiger partial charge in [-0.05, 0) is 43.6 Å². The predicted molar refractivity (Wildman–Crippen MR) is 70.9 cm³/mol. The van der Waals surface area contributed by atoms with Crippen LogP contribution in [0.25, 0.3) is 0 Å². The quantitative estimate of drug-likeness (QED) is 0.797. The van der Waals surface area contributed by atoms with Crippen LogP contribution in [0.15, 0.2) is 0 Å². The van der Waals surface area contributed by atoms with E-state index in [1.54, 1.807) is 0 Å². The van der Waals surface area contributed by atoms with E-state index in [1.807, 2.05) is 0 Å². The molecule has 0 bridgehead atoms. The lowest BCUT2D eigenvalue weighted by atomic mass is 9.75. The highest BCUT2D eigenvalue weighted by Gasteiger charge is 2.44. The van der Waals surface area contributed by atoms with Crippen molar-refractivity contribution in [2.45, 2.75) is 70.8 Å². The van der Waals surface area contributed by atoms with Gasteiger partial charge in [-0.3, -0.25) is 0 Å². The first-order valence-electron chi connectivity index (χ1n) is 7.63. The van der Waals surface area contributed by atoms with Crippen LogP contribution < -0.4 is 5.32 Å². The highest BCUT2D eigenvalue weighted by atomic mass is 19.3. The first-order chi connectivity index (χ1) is 8.52. The van der Waals surface area contributed by atoms with E-state index in [9.17, 15) is 8.78 Å². The number of halogens is 2. The fourth-order valence-corrected chi connectivity index (χ4v) is 3.89. The zero-order chi connectivity index (χ0) is 13.2. The molecule has 0 aliphatic heterocycles. The molecule has 0 spiro atoms. The number of nitrogens with one attached hydrogen (secondary N) is 1. The summed E-state index contributed by atoms with van der Waals surface area (Å²) in [5.74, 6) is -0.757. The van der Waals surface area contributed by atoms with E-state index in [0.29, 0.717) is 18.4 Å². The third-order valence-electron chi connectivity index (χ3n) is 4.96. The first kappa shape index (κ1) is 14.2. The molecule has 0 heterocycles. The van der Waals surface area contributed by atoms with Crippen LogP contribution in [0.1, 0.15) is 58.8 Å². The topological polar surface area (TPSA) is 12.0 Å². The van der Waals surface area contributed by atoms with Gasteiger partial charge < -0.3 is 5.32 Å². The van der Waals surface area contributed by atoms with Crippen molar-refractivity contribution in [1.82, 2.24) is 5.32 Å². The Morgan fingerprint density at radius 3 is 2.28 bits per heavy atom. The first-order valence-corrected chi connectivity index (χ1v) is 7.63. The average molecular weight is 259 g/mol. The van der Waals surface area contributed by atoms with Crippen LogP contribution in [0.5, 0.6) is 0 Å². The summed E-state index contributed by atoms with van der Waals surface area (Å²) in [6, 6.07) is 0.330. The zero-order valence-corrected chi connectivity index (χ0v) is 11.7. The van der Waals surface area contributed by atoms with Crippen molar-refractivity contribution in [3.63, 3.8) is 0 Å². The monoisotopic (exact) mass is 259 g/mol. The van der Waals surface area contributed by atoms with Gasteiger partial charge in [-0.25, -0.2) is 8.78 Å². The molecule has 2 aliphatic rings. The van der Waals surface area contributed by atoms with Crippen molar-refractivity contribution in [1.29, 1.82) is 0 Å². The molecule has 1 nitrogen and oxygen atoms in total. The summed E-state index contributed by atoms with van der Waals surface area (Å²) >= 11 is 0. The Labute approximate surface area is 110 Å². The van der Waals surface area contributed by atoms with E-state index in [0.717, 1.165) is 12.5 Å². The molecule has 0 aromatic rings. The maximum Gasteiger partial charge on any atom is 0.248 e. The normalized spacial score (nSPS) is 37.7. The standard InChI is InChI=1S/C15H27F2N/c1-3-18-14(12-6-4-11(2)5-7-12)13-8-9-15(16,17)10-13/h11-14,18H,3-10H2,1-2H3. The van der Waals surface area contributed by atoms with Crippen molar-refractivity contribution >= 4 is 0 Å². The third kappa shape index (κ3) is 3.43. The SMILES string of the molecule is CCNC(C1CCC(C)CC1)C1CCC(F)(F)C1. The number of rotatable bonds is 4. The number of alkyl halides is 2. The van der Waals surface area contributed by atoms with Crippen LogP contribution in [0.2, 0.25) is 0 Å². The van der Waals surface area contributed by atoms with Gasteiger partial charge in [0.15, 0.2) is 0 Å². The number of hydrogen-bond donors (Lipinski definition) is 1. The minimum atomic E-state index is -2.40. The highest BCUT2D eigenvalue weighted by Crippen LogP contribution is 2.44. The lowest BCUT2D eigenvalue weighted by Crippen LogP contribution is -2.43. The molecule has 2 aliphatic carbocycles. The van der Waals surface area contributed by atoms with Gasteiger partial charge in [-0.15, -0.1) is 0 Å². The molecule has 0 aromatic heterocycles. The molecule has 0 amide bonds. The summed E-state index contributed by atoms with van der Waals surface area (Å²) in [6.07, 6.45) is 5.91. The summed E-state index contributed by atoms with van der Waals surface area (Å²) in [4.78, 5) is 0. The number of hydrogen-bond acceptors (Lipinski definition) is 1. The Morgan fingerprint density at radius 1 is 1.11 bits per heavy atom. The molecule has 1 N–H and O–H groups in total. The Balaban J connectivity index is 1.95. The van der Waals surface area contributed by atoms with Gasteiger partial charge >= 0.3 is 0 Å². The lowest BCUT2D eigenvalue weighted by Gasteiger charge is -2.36. The molecular formula is C15H27F2N. The molecular weight excluding hydrogens is 232 g/mol. The Morgan fingerprint density at radius 2 is 1.78 bits per heavy atom. The predicted octanol–water partition coefficient (Wildman–Crippen LogP) is 4.23. The van der Waals surface area contributed by atoms with Crippen molar-refractivity contribution in [3.05, 3.63) is 0 Å². The Bertz CT molecular complexity index is 259. The van der Waals surface area contributed by atoms with Gasteiger partial charge in [0.1, 0.15) is 0 Å². The summed E-state index contributed by atoms with van der Waals surface area (Å²) in [5, 5.41) is 3.51. The minimum Gasteiger partial charge on any atom is -0.314 e. The van der Waals surface area contributed by atoms with E-state index in [2.05, 4.69) is 19.2 Å². The molecule has 2 fully saturated rings. The minimum absolute atomic E-state index is 0.0999. The smallest absolute Gasteiger partial charge is 0.248 e. The molecule has 18 heavy (non-hydrogen) atoms. The Kier molecular flexibility index (Phi) is 4.63. The second kappa shape index (κ2) is 5.85. The van der Waals surface area contributed by atoms with Crippen molar-refractivity contribution in [2.75, 3.05) is 6.54 Å². The van der Waals surface area contributed by atoms with Crippen molar-refractivity contribution in [3.8, 4) is 0 Å². The van der Waals surface area contributed by atoms with Crippen molar-refractivity contribution < 1.29 is 8.78 Å². The van der Waals surface area contributed by atoms with Gasteiger partial charge in [0.2, 0.25) is 5.92 Å². The van der Waals surface area contributed by atoms with Gasteiger partial charge in [-0.2, -0.15) is 0 Å². The van der Waals surface area contributed by atoms with Crippen LogP contribution in [0.3, 0.4) is 0 Å². The zero-order valence-electron chi connectivity index (χ0n) is 11.7. The van der Waals surface area contributed by atoms with E-state index >= 15 is 0 Å².